The van der Waals surface area contributed by atoms with Crippen molar-refractivity contribution in [1.29, 1.82) is 0 Å². The SMILES string of the molecule is c1ccc(-c2ccc(-c3ccccc3-c3ccc(N(c4ccc(-c5ccc(-c6cccc7c6oc6ccccc67)cc5)cc4)c4cccc(-c5ccccc5-n5c6ccccc6c6ccccc65)c4)cc3)cc2)cc1. The minimum atomic E-state index is 0.906. The van der Waals surface area contributed by atoms with Crippen molar-refractivity contribution in [1.82, 2.24) is 4.57 Å². The Kier molecular flexibility index (Phi) is 10.8. The molecule has 75 heavy (non-hydrogen) atoms. The van der Waals surface area contributed by atoms with Crippen molar-refractivity contribution in [2.24, 2.45) is 0 Å². The molecule has 0 amide bonds. The van der Waals surface area contributed by atoms with E-state index in [1.54, 1.807) is 0 Å². The highest BCUT2D eigenvalue weighted by Gasteiger charge is 2.19. The predicted molar refractivity (Wildman–Crippen MR) is 315 cm³/mol. The van der Waals surface area contributed by atoms with Gasteiger partial charge in [0.25, 0.3) is 0 Å². The van der Waals surface area contributed by atoms with Gasteiger partial charge in [0, 0.05) is 49.7 Å². The molecule has 0 atom stereocenters. The largest absolute Gasteiger partial charge is 0.455 e. The minimum absolute atomic E-state index is 0.906. The first-order valence-corrected chi connectivity index (χ1v) is 25.6. The molecule has 0 unspecified atom stereocenters. The molecule has 0 aliphatic carbocycles. The molecule has 3 heteroatoms. The van der Waals surface area contributed by atoms with Crippen LogP contribution in [0.15, 0.2) is 296 Å². The maximum atomic E-state index is 6.41. The van der Waals surface area contributed by atoms with Crippen molar-refractivity contribution in [2.75, 3.05) is 4.90 Å². The maximum absolute atomic E-state index is 6.41. The van der Waals surface area contributed by atoms with Crippen LogP contribution >= 0.6 is 0 Å². The third kappa shape index (κ3) is 7.86. The number of benzene rings is 12. The zero-order chi connectivity index (χ0) is 49.7. The lowest BCUT2D eigenvalue weighted by molar-refractivity contribution is 0.670. The molecule has 3 nitrogen and oxygen atoms in total. The Hall–Kier alpha value is -9.96. The van der Waals surface area contributed by atoms with Crippen LogP contribution in [0.3, 0.4) is 0 Å². The minimum Gasteiger partial charge on any atom is -0.455 e. The Morgan fingerprint density at radius 2 is 0.667 bits per heavy atom. The van der Waals surface area contributed by atoms with Crippen molar-refractivity contribution in [2.45, 2.75) is 0 Å². The lowest BCUT2D eigenvalue weighted by atomic mass is 9.93. The van der Waals surface area contributed by atoms with Gasteiger partial charge in [-0.2, -0.15) is 0 Å². The number of hydrogen-bond acceptors (Lipinski definition) is 2. The molecule has 0 saturated carbocycles. The van der Waals surface area contributed by atoms with E-state index in [2.05, 4.69) is 289 Å². The van der Waals surface area contributed by atoms with E-state index in [-0.39, 0.29) is 0 Å². The standard InChI is InChI=1S/C72H48N2O/c1-2-16-49(17-3-1)50-32-36-53(37-33-50)60-20-4-5-21-61(60)54-42-46-58(47-43-54)73(57-44-40-52(41-45-57)51-34-38-55(39-35-51)63-26-15-27-67-66-25-9-13-31-71(66)75-72(63)67)59-19-14-18-56(48-59)62-22-6-10-28-68(62)74-69-29-11-7-23-64(69)65-24-8-12-30-70(65)74/h1-48H. The normalized spacial score (nSPS) is 11.5. The molecule has 0 radical (unpaired) electrons. The Morgan fingerprint density at radius 1 is 0.253 bits per heavy atom. The van der Waals surface area contributed by atoms with Gasteiger partial charge in [0.1, 0.15) is 11.2 Å². The van der Waals surface area contributed by atoms with E-state index in [1.165, 1.54) is 49.6 Å². The quantitative estimate of drug-likeness (QED) is 0.136. The Balaban J connectivity index is 0.841. The van der Waals surface area contributed by atoms with Crippen molar-refractivity contribution in [3.05, 3.63) is 291 Å². The van der Waals surface area contributed by atoms with Crippen LogP contribution in [0.1, 0.15) is 0 Å². The second kappa shape index (κ2) is 18.6. The predicted octanol–water partition coefficient (Wildman–Crippen LogP) is 20.2. The molecular weight excluding hydrogens is 909 g/mol. The average molecular weight is 957 g/mol. The summed E-state index contributed by atoms with van der Waals surface area (Å²) in [4.78, 5) is 2.38. The lowest BCUT2D eigenvalue weighted by Crippen LogP contribution is -2.10. The number of anilines is 3. The molecule has 0 N–H and O–H groups in total. The zero-order valence-electron chi connectivity index (χ0n) is 41.0. The van der Waals surface area contributed by atoms with Crippen LogP contribution in [0.25, 0.3) is 116 Å². The van der Waals surface area contributed by atoms with Gasteiger partial charge >= 0.3 is 0 Å². The monoisotopic (exact) mass is 956 g/mol. The number of aromatic nitrogens is 1. The summed E-state index contributed by atoms with van der Waals surface area (Å²) in [5.74, 6) is 0. The summed E-state index contributed by atoms with van der Waals surface area (Å²) in [6, 6.07) is 105. The molecule has 0 aliphatic heterocycles. The first-order valence-electron chi connectivity index (χ1n) is 25.6. The lowest BCUT2D eigenvalue weighted by Gasteiger charge is -2.27. The van der Waals surface area contributed by atoms with Crippen LogP contribution < -0.4 is 4.90 Å². The molecule has 0 aliphatic rings. The molecule has 12 aromatic carbocycles. The highest BCUT2D eigenvalue weighted by atomic mass is 16.3. The van der Waals surface area contributed by atoms with Gasteiger partial charge in [-0.15, -0.1) is 0 Å². The summed E-state index contributed by atoms with van der Waals surface area (Å²) < 4.78 is 8.83. The number of furan rings is 1. The molecule has 0 bridgehead atoms. The first kappa shape index (κ1) is 43.8. The van der Waals surface area contributed by atoms with Gasteiger partial charge in [0.05, 0.1) is 16.7 Å². The highest BCUT2D eigenvalue weighted by molar-refractivity contribution is 6.11. The Bertz CT molecular complexity index is 4320. The summed E-state index contributed by atoms with van der Waals surface area (Å²) in [6.07, 6.45) is 0. The number of rotatable bonds is 10. The van der Waals surface area contributed by atoms with Crippen molar-refractivity contribution < 1.29 is 4.42 Å². The summed E-state index contributed by atoms with van der Waals surface area (Å²) in [5.41, 5.74) is 22.5. The van der Waals surface area contributed by atoms with E-state index in [1.807, 2.05) is 12.1 Å². The molecule has 14 rings (SSSR count). The highest BCUT2D eigenvalue weighted by Crippen LogP contribution is 2.43. The molecule has 2 heterocycles. The van der Waals surface area contributed by atoms with Gasteiger partial charge in [-0.25, -0.2) is 0 Å². The zero-order valence-corrected chi connectivity index (χ0v) is 41.0. The fourth-order valence-electron chi connectivity index (χ4n) is 11.2. The fourth-order valence-corrected chi connectivity index (χ4v) is 11.2. The Labute approximate surface area is 436 Å². The van der Waals surface area contributed by atoms with E-state index < -0.39 is 0 Å². The number of para-hydroxylation sites is 5. The molecule has 14 aromatic rings. The second-order valence-electron chi connectivity index (χ2n) is 19.2. The number of fused-ring (bicyclic) bond motifs is 6. The first-order chi connectivity index (χ1) is 37.2. The molecule has 0 fully saturated rings. The number of nitrogens with zero attached hydrogens (tertiary/aromatic N) is 2. The van der Waals surface area contributed by atoms with Gasteiger partial charge < -0.3 is 13.9 Å². The van der Waals surface area contributed by atoms with Crippen LogP contribution in [-0.2, 0) is 0 Å². The third-order valence-electron chi connectivity index (χ3n) is 14.9. The van der Waals surface area contributed by atoms with Crippen molar-refractivity contribution in [3.63, 3.8) is 0 Å². The number of hydrogen-bond donors (Lipinski definition) is 0. The summed E-state index contributed by atoms with van der Waals surface area (Å²) in [5, 5.41) is 4.76. The summed E-state index contributed by atoms with van der Waals surface area (Å²) in [7, 11) is 0. The van der Waals surface area contributed by atoms with Gasteiger partial charge in [-0.1, -0.05) is 231 Å². The van der Waals surface area contributed by atoms with Crippen LogP contribution in [0, 0.1) is 0 Å². The van der Waals surface area contributed by atoms with Gasteiger partial charge in [0.2, 0.25) is 0 Å². The third-order valence-corrected chi connectivity index (χ3v) is 14.9. The summed E-state index contributed by atoms with van der Waals surface area (Å²) in [6.45, 7) is 0. The van der Waals surface area contributed by atoms with Crippen molar-refractivity contribution >= 4 is 60.8 Å². The molecule has 352 valence electrons. The molecule has 0 saturated heterocycles. The van der Waals surface area contributed by atoms with E-state index in [4.69, 9.17) is 4.42 Å². The average Bonchev–Trinajstić information content (AvgIpc) is 4.07. The van der Waals surface area contributed by atoms with E-state index >= 15 is 0 Å². The molecule has 2 aromatic heterocycles. The van der Waals surface area contributed by atoms with Gasteiger partial charge in [-0.05, 0) is 116 Å². The maximum Gasteiger partial charge on any atom is 0.143 e. The van der Waals surface area contributed by atoms with E-state index in [9.17, 15) is 0 Å². The smallest absolute Gasteiger partial charge is 0.143 e. The van der Waals surface area contributed by atoms with E-state index in [0.29, 0.717) is 0 Å². The van der Waals surface area contributed by atoms with Crippen LogP contribution in [0.5, 0.6) is 0 Å². The second-order valence-corrected chi connectivity index (χ2v) is 19.2. The Morgan fingerprint density at radius 3 is 1.29 bits per heavy atom. The van der Waals surface area contributed by atoms with Crippen LogP contribution in [-0.4, -0.2) is 4.57 Å². The molecular formula is C72H48N2O. The van der Waals surface area contributed by atoms with Gasteiger partial charge in [0.15, 0.2) is 0 Å². The topological polar surface area (TPSA) is 21.3 Å². The van der Waals surface area contributed by atoms with Crippen molar-refractivity contribution in [3.8, 4) is 72.4 Å². The van der Waals surface area contributed by atoms with Gasteiger partial charge in [-0.3, -0.25) is 0 Å². The van der Waals surface area contributed by atoms with Crippen LogP contribution in [0.4, 0.5) is 17.1 Å². The molecule has 0 spiro atoms. The van der Waals surface area contributed by atoms with Crippen LogP contribution in [0.2, 0.25) is 0 Å². The fraction of sp³-hybridized carbons (Fsp3) is 0. The van der Waals surface area contributed by atoms with E-state index in [0.717, 1.165) is 83.6 Å². The summed E-state index contributed by atoms with van der Waals surface area (Å²) >= 11 is 0.